The van der Waals surface area contributed by atoms with E-state index in [1.54, 1.807) is 0 Å². The van der Waals surface area contributed by atoms with Gasteiger partial charge in [-0.2, -0.15) is 5.10 Å². The first kappa shape index (κ1) is 12.6. The fraction of sp³-hybridized carbons (Fsp3) is 0.786. The Morgan fingerprint density at radius 3 is 2.82 bits per heavy atom. The van der Waals surface area contributed by atoms with E-state index in [4.69, 9.17) is 0 Å². The predicted molar refractivity (Wildman–Crippen MR) is 70.9 cm³/mol. The van der Waals surface area contributed by atoms with Crippen molar-refractivity contribution in [3.8, 4) is 0 Å². The van der Waals surface area contributed by atoms with Gasteiger partial charge >= 0.3 is 0 Å². The lowest BCUT2D eigenvalue weighted by Crippen LogP contribution is -2.27. The lowest BCUT2D eigenvalue weighted by Gasteiger charge is -2.13. The molecule has 0 aliphatic heterocycles. The van der Waals surface area contributed by atoms with Gasteiger partial charge in [-0.25, -0.2) is 0 Å². The smallest absolute Gasteiger partial charge is 0.0625 e. The van der Waals surface area contributed by atoms with Crippen LogP contribution in [0.3, 0.4) is 0 Å². The molecule has 1 N–H and O–H groups in total. The van der Waals surface area contributed by atoms with Crippen LogP contribution >= 0.6 is 0 Å². The highest BCUT2D eigenvalue weighted by Gasteiger charge is 2.23. The van der Waals surface area contributed by atoms with E-state index in [2.05, 4.69) is 41.9 Å². The number of nitrogens with one attached hydrogen (secondary N) is 1. The number of hydrogen-bond acceptors (Lipinski definition) is 2. The number of aryl methyl sites for hydroxylation is 2. The van der Waals surface area contributed by atoms with Gasteiger partial charge in [0, 0.05) is 19.1 Å². The maximum absolute atomic E-state index is 4.58. The fourth-order valence-corrected chi connectivity index (χ4v) is 2.32. The van der Waals surface area contributed by atoms with Crippen LogP contribution in [0.15, 0.2) is 6.07 Å². The molecule has 1 aromatic heterocycles. The van der Waals surface area contributed by atoms with Gasteiger partial charge in [-0.15, -0.1) is 0 Å². The first-order valence-corrected chi connectivity index (χ1v) is 7.01. The van der Waals surface area contributed by atoms with Crippen LogP contribution in [-0.2, 0) is 19.5 Å². The summed E-state index contributed by atoms with van der Waals surface area (Å²) in [4.78, 5) is 0. The molecule has 1 atom stereocenters. The van der Waals surface area contributed by atoms with E-state index < -0.39 is 0 Å². The van der Waals surface area contributed by atoms with E-state index in [-0.39, 0.29) is 0 Å². The first-order chi connectivity index (χ1) is 8.22. The lowest BCUT2D eigenvalue weighted by atomic mass is 10.1. The second kappa shape index (κ2) is 5.67. The van der Waals surface area contributed by atoms with Crippen LogP contribution in [0.2, 0.25) is 0 Å². The summed E-state index contributed by atoms with van der Waals surface area (Å²) < 4.78 is 2.12. The third-order valence-electron chi connectivity index (χ3n) is 3.59. The summed E-state index contributed by atoms with van der Waals surface area (Å²) in [7, 11) is 0. The molecule has 0 spiro atoms. The maximum Gasteiger partial charge on any atom is 0.0625 e. The Morgan fingerprint density at radius 2 is 2.24 bits per heavy atom. The Morgan fingerprint density at radius 1 is 1.47 bits per heavy atom. The minimum absolute atomic E-state index is 0.632. The van der Waals surface area contributed by atoms with Gasteiger partial charge in [-0.1, -0.05) is 19.8 Å². The highest BCUT2D eigenvalue weighted by atomic mass is 15.3. The Hall–Kier alpha value is -0.830. The van der Waals surface area contributed by atoms with Crippen molar-refractivity contribution in [2.45, 2.75) is 65.6 Å². The van der Waals surface area contributed by atoms with Crippen molar-refractivity contribution < 1.29 is 0 Å². The number of aromatic nitrogens is 2. The first-order valence-electron chi connectivity index (χ1n) is 7.01. The molecule has 0 bridgehead atoms. The second-order valence-corrected chi connectivity index (χ2v) is 5.26. The summed E-state index contributed by atoms with van der Waals surface area (Å²) in [5.74, 6) is 1.000. The quantitative estimate of drug-likeness (QED) is 0.787. The zero-order valence-electron chi connectivity index (χ0n) is 11.4. The molecule has 3 nitrogen and oxygen atoms in total. The van der Waals surface area contributed by atoms with Crippen molar-refractivity contribution in [3.05, 3.63) is 17.5 Å². The Balaban J connectivity index is 1.85. The van der Waals surface area contributed by atoms with E-state index in [0.29, 0.717) is 6.04 Å². The van der Waals surface area contributed by atoms with Crippen LogP contribution in [0.25, 0.3) is 0 Å². The summed E-state index contributed by atoms with van der Waals surface area (Å²) >= 11 is 0. The van der Waals surface area contributed by atoms with Crippen molar-refractivity contribution in [1.29, 1.82) is 0 Å². The van der Waals surface area contributed by atoms with E-state index in [1.807, 2.05) is 0 Å². The van der Waals surface area contributed by atoms with Gasteiger partial charge in [0.05, 0.1) is 11.4 Å². The van der Waals surface area contributed by atoms with Gasteiger partial charge in [0.2, 0.25) is 0 Å². The summed E-state index contributed by atoms with van der Waals surface area (Å²) in [6.45, 7) is 8.53. The minimum atomic E-state index is 0.632. The van der Waals surface area contributed by atoms with E-state index in [0.717, 1.165) is 25.4 Å². The van der Waals surface area contributed by atoms with Crippen LogP contribution in [-0.4, -0.2) is 15.8 Å². The molecule has 0 amide bonds. The molecule has 0 saturated heterocycles. The van der Waals surface area contributed by atoms with E-state index >= 15 is 0 Å². The molecule has 96 valence electrons. The third-order valence-corrected chi connectivity index (χ3v) is 3.59. The summed E-state index contributed by atoms with van der Waals surface area (Å²) in [5, 5.41) is 8.20. The second-order valence-electron chi connectivity index (χ2n) is 5.26. The molecule has 1 heterocycles. The zero-order chi connectivity index (χ0) is 12.3. The monoisotopic (exact) mass is 235 g/mol. The van der Waals surface area contributed by atoms with Gasteiger partial charge in [0.15, 0.2) is 0 Å². The topological polar surface area (TPSA) is 29.9 Å². The third kappa shape index (κ3) is 3.56. The fourth-order valence-electron chi connectivity index (χ4n) is 2.32. The number of nitrogens with zero attached hydrogens (tertiary/aromatic N) is 2. The van der Waals surface area contributed by atoms with Gasteiger partial charge in [-0.3, -0.25) is 4.68 Å². The van der Waals surface area contributed by atoms with Gasteiger partial charge in [-0.05, 0) is 38.7 Å². The van der Waals surface area contributed by atoms with Crippen molar-refractivity contribution >= 4 is 0 Å². The standard InChI is InChI=1S/C14H25N3/c1-4-13-9-14(17(5-2)16-13)10-15-11(3)8-12-6-7-12/h9,11-12,15H,4-8,10H2,1-3H3. The molecule has 1 saturated carbocycles. The minimum Gasteiger partial charge on any atom is -0.309 e. The molecular formula is C14H25N3. The molecular weight excluding hydrogens is 210 g/mol. The number of hydrogen-bond donors (Lipinski definition) is 1. The Kier molecular flexibility index (Phi) is 4.21. The van der Waals surface area contributed by atoms with Gasteiger partial charge in [0.25, 0.3) is 0 Å². The molecule has 2 rings (SSSR count). The van der Waals surface area contributed by atoms with Crippen LogP contribution in [0.5, 0.6) is 0 Å². The molecule has 3 heteroatoms. The number of rotatable bonds is 7. The predicted octanol–water partition coefficient (Wildman–Crippen LogP) is 2.74. The summed E-state index contributed by atoms with van der Waals surface area (Å²) in [6.07, 6.45) is 5.25. The molecule has 17 heavy (non-hydrogen) atoms. The normalized spacial score (nSPS) is 17.4. The van der Waals surface area contributed by atoms with Crippen LogP contribution in [0.1, 0.15) is 51.4 Å². The van der Waals surface area contributed by atoms with Crippen molar-refractivity contribution in [2.24, 2.45) is 5.92 Å². The van der Waals surface area contributed by atoms with Gasteiger partial charge < -0.3 is 5.32 Å². The Bertz CT molecular complexity index is 352. The maximum atomic E-state index is 4.58. The largest absolute Gasteiger partial charge is 0.309 e. The highest BCUT2D eigenvalue weighted by molar-refractivity contribution is 5.10. The molecule has 1 unspecified atom stereocenters. The van der Waals surface area contributed by atoms with Crippen LogP contribution in [0.4, 0.5) is 0 Å². The molecule has 1 fully saturated rings. The van der Waals surface area contributed by atoms with E-state index in [1.165, 1.54) is 30.7 Å². The summed E-state index contributed by atoms with van der Waals surface area (Å²) in [5.41, 5.74) is 2.53. The highest BCUT2D eigenvalue weighted by Crippen LogP contribution is 2.33. The average molecular weight is 235 g/mol. The lowest BCUT2D eigenvalue weighted by molar-refractivity contribution is 0.471. The molecule has 1 aromatic rings. The van der Waals surface area contributed by atoms with Crippen molar-refractivity contribution in [1.82, 2.24) is 15.1 Å². The van der Waals surface area contributed by atoms with Crippen LogP contribution < -0.4 is 5.32 Å². The van der Waals surface area contributed by atoms with E-state index in [9.17, 15) is 0 Å². The molecule has 0 aromatic carbocycles. The average Bonchev–Trinajstić information content (AvgIpc) is 3.04. The van der Waals surface area contributed by atoms with Crippen LogP contribution in [0, 0.1) is 5.92 Å². The van der Waals surface area contributed by atoms with Crippen molar-refractivity contribution in [2.75, 3.05) is 0 Å². The molecule has 0 radical (unpaired) electrons. The van der Waals surface area contributed by atoms with Gasteiger partial charge in [0.1, 0.15) is 0 Å². The molecule has 1 aliphatic rings. The van der Waals surface area contributed by atoms with Crippen molar-refractivity contribution in [3.63, 3.8) is 0 Å². The summed E-state index contributed by atoms with van der Waals surface area (Å²) in [6, 6.07) is 2.87. The Labute approximate surface area is 105 Å². The molecule has 1 aliphatic carbocycles. The SMILES string of the molecule is CCc1cc(CNC(C)CC2CC2)n(CC)n1. The zero-order valence-corrected chi connectivity index (χ0v) is 11.4.